The number of carbonyl (C=O) groups excluding carboxylic acids is 1. The Kier molecular flexibility index (Phi) is 6.40. The molecule has 0 aliphatic rings. The van der Waals surface area contributed by atoms with Crippen molar-refractivity contribution in [2.24, 2.45) is 5.41 Å². The number of hydrogen-bond donors (Lipinski definition) is 1. The lowest BCUT2D eigenvalue weighted by atomic mass is 9.91. The molecule has 116 valence electrons. The number of carbonyl (C=O) groups is 2. The van der Waals surface area contributed by atoms with E-state index in [1.807, 2.05) is 45.0 Å². The molecular formula is C16H22BrNO3. The minimum Gasteiger partial charge on any atom is -0.481 e. The van der Waals surface area contributed by atoms with Gasteiger partial charge in [-0.2, -0.15) is 0 Å². The monoisotopic (exact) mass is 355 g/mol. The van der Waals surface area contributed by atoms with E-state index in [0.29, 0.717) is 13.0 Å². The van der Waals surface area contributed by atoms with Gasteiger partial charge in [0, 0.05) is 24.0 Å². The average molecular weight is 356 g/mol. The highest BCUT2D eigenvalue weighted by Gasteiger charge is 2.21. The topological polar surface area (TPSA) is 57.6 Å². The smallest absolute Gasteiger partial charge is 0.305 e. The fraction of sp³-hybridized carbons (Fsp3) is 0.500. The van der Waals surface area contributed by atoms with E-state index < -0.39 is 5.97 Å². The Labute approximate surface area is 134 Å². The molecular weight excluding hydrogens is 334 g/mol. The van der Waals surface area contributed by atoms with Gasteiger partial charge in [-0.3, -0.25) is 9.59 Å². The van der Waals surface area contributed by atoms with Crippen LogP contribution in [0.25, 0.3) is 0 Å². The molecule has 0 spiro atoms. The second kappa shape index (κ2) is 7.59. The van der Waals surface area contributed by atoms with Crippen molar-refractivity contribution in [3.05, 3.63) is 34.3 Å². The number of hydrogen-bond acceptors (Lipinski definition) is 2. The minimum absolute atomic E-state index is 0.0104. The van der Waals surface area contributed by atoms with E-state index >= 15 is 0 Å². The molecule has 0 aliphatic carbocycles. The molecule has 0 aliphatic heterocycles. The van der Waals surface area contributed by atoms with E-state index in [2.05, 4.69) is 15.9 Å². The maximum atomic E-state index is 12.4. The average Bonchev–Trinajstić information content (AvgIpc) is 2.32. The van der Waals surface area contributed by atoms with Gasteiger partial charge in [0.15, 0.2) is 0 Å². The largest absolute Gasteiger partial charge is 0.481 e. The predicted molar refractivity (Wildman–Crippen MR) is 85.9 cm³/mol. The zero-order valence-corrected chi connectivity index (χ0v) is 14.3. The third-order valence-corrected chi connectivity index (χ3v) is 3.39. The van der Waals surface area contributed by atoms with Gasteiger partial charge in [0.2, 0.25) is 5.91 Å². The summed E-state index contributed by atoms with van der Waals surface area (Å²) in [5.74, 6) is -0.901. The molecule has 1 N–H and O–H groups in total. The van der Waals surface area contributed by atoms with Gasteiger partial charge in [0.25, 0.3) is 0 Å². The van der Waals surface area contributed by atoms with Crippen LogP contribution >= 0.6 is 15.9 Å². The van der Waals surface area contributed by atoms with Crippen LogP contribution in [0.3, 0.4) is 0 Å². The Hall–Kier alpha value is -1.36. The number of amides is 1. The van der Waals surface area contributed by atoms with Gasteiger partial charge < -0.3 is 10.0 Å². The SMILES string of the molecule is CC(C)(C)CC(=O)N(CCC(=O)O)Cc1cccc(Br)c1. The van der Waals surface area contributed by atoms with Gasteiger partial charge in [-0.25, -0.2) is 0 Å². The van der Waals surface area contributed by atoms with E-state index in [1.54, 1.807) is 4.90 Å². The molecule has 0 unspecified atom stereocenters. The van der Waals surface area contributed by atoms with Crippen molar-refractivity contribution in [1.82, 2.24) is 4.90 Å². The van der Waals surface area contributed by atoms with E-state index in [9.17, 15) is 9.59 Å². The normalized spacial score (nSPS) is 11.2. The number of aliphatic carboxylic acids is 1. The van der Waals surface area contributed by atoms with Crippen molar-refractivity contribution in [2.75, 3.05) is 6.54 Å². The van der Waals surface area contributed by atoms with Gasteiger partial charge in [0.05, 0.1) is 6.42 Å². The first kappa shape index (κ1) is 17.7. The molecule has 5 heteroatoms. The maximum Gasteiger partial charge on any atom is 0.305 e. The molecule has 0 bridgehead atoms. The first-order chi connectivity index (χ1) is 9.67. The van der Waals surface area contributed by atoms with Crippen LogP contribution in [0.5, 0.6) is 0 Å². The Balaban J connectivity index is 2.81. The molecule has 0 atom stereocenters. The second-order valence-corrected chi connectivity index (χ2v) is 7.24. The van der Waals surface area contributed by atoms with E-state index in [0.717, 1.165) is 10.0 Å². The number of carboxylic acids is 1. The highest BCUT2D eigenvalue weighted by atomic mass is 79.9. The van der Waals surface area contributed by atoms with Gasteiger partial charge in [-0.1, -0.05) is 48.8 Å². The van der Waals surface area contributed by atoms with Crippen molar-refractivity contribution < 1.29 is 14.7 Å². The third kappa shape index (κ3) is 7.27. The van der Waals surface area contributed by atoms with Crippen LogP contribution in [0, 0.1) is 5.41 Å². The molecule has 4 nitrogen and oxygen atoms in total. The predicted octanol–water partition coefficient (Wildman–Crippen LogP) is 3.69. The fourth-order valence-corrected chi connectivity index (χ4v) is 2.39. The van der Waals surface area contributed by atoms with Crippen molar-refractivity contribution >= 4 is 27.8 Å². The van der Waals surface area contributed by atoms with E-state index in [-0.39, 0.29) is 24.3 Å². The van der Waals surface area contributed by atoms with Crippen LogP contribution in [0.15, 0.2) is 28.7 Å². The number of nitrogens with zero attached hydrogens (tertiary/aromatic N) is 1. The summed E-state index contributed by atoms with van der Waals surface area (Å²) in [6.07, 6.45) is 0.366. The zero-order valence-electron chi connectivity index (χ0n) is 12.7. The Morgan fingerprint density at radius 3 is 2.48 bits per heavy atom. The van der Waals surface area contributed by atoms with Gasteiger partial charge in [-0.05, 0) is 23.1 Å². The Morgan fingerprint density at radius 1 is 1.29 bits per heavy atom. The summed E-state index contributed by atoms with van der Waals surface area (Å²) >= 11 is 3.40. The molecule has 21 heavy (non-hydrogen) atoms. The summed E-state index contributed by atoms with van der Waals surface area (Å²) in [5, 5.41) is 8.84. The Bertz CT molecular complexity index is 508. The summed E-state index contributed by atoms with van der Waals surface area (Å²) in [6, 6.07) is 7.70. The van der Waals surface area contributed by atoms with Crippen LogP contribution in [-0.2, 0) is 16.1 Å². The zero-order chi connectivity index (χ0) is 16.0. The quantitative estimate of drug-likeness (QED) is 0.846. The number of halogens is 1. The lowest BCUT2D eigenvalue weighted by molar-refractivity contribution is -0.139. The summed E-state index contributed by atoms with van der Waals surface area (Å²) in [6.45, 7) is 6.66. The summed E-state index contributed by atoms with van der Waals surface area (Å²) in [4.78, 5) is 24.8. The molecule has 0 radical (unpaired) electrons. The standard InChI is InChI=1S/C16H22BrNO3/c1-16(2,3)10-14(19)18(8-7-15(20)21)11-12-5-4-6-13(17)9-12/h4-6,9H,7-8,10-11H2,1-3H3,(H,20,21). The first-order valence-electron chi connectivity index (χ1n) is 6.91. The number of carboxylic acid groups (broad SMARTS) is 1. The van der Waals surface area contributed by atoms with E-state index in [4.69, 9.17) is 5.11 Å². The summed E-state index contributed by atoms with van der Waals surface area (Å²) in [5.41, 5.74) is 0.868. The van der Waals surface area contributed by atoms with Crippen LogP contribution in [-0.4, -0.2) is 28.4 Å². The van der Waals surface area contributed by atoms with Gasteiger partial charge in [-0.15, -0.1) is 0 Å². The maximum absolute atomic E-state index is 12.4. The molecule has 0 saturated carbocycles. The first-order valence-corrected chi connectivity index (χ1v) is 7.71. The van der Waals surface area contributed by atoms with Gasteiger partial charge in [0.1, 0.15) is 0 Å². The summed E-state index contributed by atoms with van der Waals surface area (Å²) < 4.78 is 0.946. The fourth-order valence-electron chi connectivity index (χ4n) is 1.94. The Morgan fingerprint density at radius 2 is 1.95 bits per heavy atom. The van der Waals surface area contributed by atoms with Crippen LogP contribution < -0.4 is 0 Å². The van der Waals surface area contributed by atoms with Crippen molar-refractivity contribution in [3.8, 4) is 0 Å². The van der Waals surface area contributed by atoms with Crippen LogP contribution in [0.2, 0.25) is 0 Å². The lowest BCUT2D eigenvalue weighted by Crippen LogP contribution is -2.34. The van der Waals surface area contributed by atoms with Gasteiger partial charge >= 0.3 is 5.97 Å². The molecule has 0 fully saturated rings. The van der Waals surface area contributed by atoms with Crippen molar-refractivity contribution in [3.63, 3.8) is 0 Å². The number of rotatable bonds is 6. The second-order valence-electron chi connectivity index (χ2n) is 6.33. The highest BCUT2D eigenvalue weighted by Crippen LogP contribution is 2.21. The number of benzene rings is 1. The minimum atomic E-state index is -0.891. The van der Waals surface area contributed by atoms with Crippen molar-refractivity contribution in [1.29, 1.82) is 0 Å². The van der Waals surface area contributed by atoms with Crippen LogP contribution in [0.1, 0.15) is 39.2 Å². The molecule has 1 aromatic rings. The molecule has 1 rings (SSSR count). The van der Waals surface area contributed by atoms with E-state index in [1.165, 1.54) is 0 Å². The molecule has 0 heterocycles. The van der Waals surface area contributed by atoms with Crippen LogP contribution in [0.4, 0.5) is 0 Å². The molecule has 0 saturated heterocycles. The summed E-state index contributed by atoms with van der Waals surface area (Å²) in [7, 11) is 0. The van der Waals surface area contributed by atoms with Crippen molar-refractivity contribution in [2.45, 2.75) is 40.2 Å². The third-order valence-electron chi connectivity index (χ3n) is 2.89. The highest BCUT2D eigenvalue weighted by molar-refractivity contribution is 9.10. The molecule has 1 amide bonds. The molecule has 0 aromatic heterocycles. The molecule has 1 aromatic carbocycles. The lowest BCUT2D eigenvalue weighted by Gasteiger charge is -2.26.